The number of anilines is 1. The first-order chi connectivity index (χ1) is 10.1. The van der Waals surface area contributed by atoms with E-state index in [1.807, 2.05) is 19.3 Å². The highest BCUT2D eigenvalue weighted by molar-refractivity contribution is 5.77. The smallest absolute Gasteiger partial charge is 0.295 e. The molecule has 0 amide bonds. The summed E-state index contributed by atoms with van der Waals surface area (Å²) >= 11 is 0. The first kappa shape index (κ1) is 13.1. The zero-order valence-electron chi connectivity index (χ0n) is 11.3. The van der Waals surface area contributed by atoms with Gasteiger partial charge in [-0.25, -0.2) is 0 Å². The molecule has 0 unspecified atom stereocenters. The molecular formula is C13H13N5O3. The summed E-state index contributed by atoms with van der Waals surface area (Å²) in [7, 11) is 1.87. The average Bonchev–Trinajstić information content (AvgIpc) is 3.03. The normalized spacial score (nSPS) is 10.9. The standard InChI is InChI=1S/C13H13N5O3/c1-17-7-5-9(16-17)4-6-14-13-15-11-8-10(18(19)20)2-3-12(11)21-13/h2-3,5,7-8H,4,6H2,1H3,(H,14,15). The van der Waals surface area contributed by atoms with E-state index in [0.717, 1.165) is 12.1 Å². The summed E-state index contributed by atoms with van der Waals surface area (Å²) in [4.78, 5) is 14.4. The molecule has 0 aliphatic rings. The van der Waals surface area contributed by atoms with Gasteiger partial charge in [0, 0.05) is 38.3 Å². The third-order valence-electron chi connectivity index (χ3n) is 3.01. The van der Waals surface area contributed by atoms with Gasteiger partial charge in [-0.3, -0.25) is 14.8 Å². The molecule has 0 saturated heterocycles. The van der Waals surface area contributed by atoms with Crippen molar-refractivity contribution in [3.8, 4) is 0 Å². The summed E-state index contributed by atoms with van der Waals surface area (Å²) in [5.41, 5.74) is 1.94. The molecule has 1 aromatic carbocycles. The molecule has 108 valence electrons. The van der Waals surface area contributed by atoms with Crippen LogP contribution in [-0.2, 0) is 13.5 Å². The SMILES string of the molecule is Cn1ccc(CCNc2nc3cc([N+](=O)[O-])ccc3o2)n1. The third-order valence-corrected chi connectivity index (χ3v) is 3.01. The maximum absolute atomic E-state index is 10.7. The zero-order chi connectivity index (χ0) is 14.8. The van der Waals surface area contributed by atoms with Gasteiger partial charge in [-0.15, -0.1) is 0 Å². The van der Waals surface area contributed by atoms with Crippen LogP contribution in [0.4, 0.5) is 11.7 Å². The van der Waals surface area contributed by atoms with Crippen LogP contribution in [0, 0.1) is 10.1 Å². The van der Waals surface area contributed by atoms with Crippen LogP contribution in [0.2, 0.25) is 0 Å². The average molecular weight is 287 g/mol. The lowest BCUT2D eigenvalue weighted by Gasteiger charge is -1.98. The van der Waals surface area contributed by atoms with E-state index in [0.29, 0.717) is 23.7 Å². The molecule has 3 aromatic rings. The molecule has 21 heavy (non-hydrogen) atoms. The van der Waals surface area contributed by atoms with Crippen molar-refractivity contribution < 1.29 is 9.34 Å². The van der Waals surface area contributed by atoms with E-state index in [1.54, 1.807) is 10.7 Å². The lowest BCUT2D eigenvalue weighted by Crippen LogP contribution is -2.05. The van der Waals surface area contributed by atoms with Crippen molar-refractivity contribution in [3.63, 3.8) is 0 Å². The molecular weight excluding hydrogens is 274 g/mol. The molecule has 1 N–H and O–H groups in total. The number of aryl methyl sites for hydroxylation is 1. The van der Waals surface area contributed by atoms with Gasteiger partial charge in [0.05, 0.1) is 10.6 Å². The molecule has 2 aromatic heterocycles. The van der Waals surface area contributed by atoms with E-state index in [2.05, 4.69) is 15.4 Å². The number of fused-ring (bicyclic) bond motifs is 1. The van der Waals surface area contributed by atoms with Crippen molar-refractivity contribution in [2.75, 3.05) is 11.9 Å². The summed E-state index contributed by atoms with van der Waals surface area (Å²) in [5, 5.41) is 18.0. The monoisotopic (exact) mass is 287 g/mol. The predicted octanol–water partition coefficient (Wildman–Crippen LogP) is 2.12. The number of oxazole rings is 1. The molecule has 0 aliphatic carbocycles. The van der Waals surface area contributed by atoms with Crippen LogP contribution in [0.5, 0.6) is 0 Å². The van der Waals surface area contributed by atoms with E-state index in [1.165, 1.54) is 12.1 Å². The second-order valence-corrected chi connectivity index (χ2v) is 4.59. The van der Waals surface area contributed by atoms with E-state index >= 15 is 0 Å². The lowest BCUT2D eigenvalue weighted by molar-refractivity contribution is -0.384. The van der Waals surface area contributed by atoms with Gasteiger partial charge in [0.15, 0.2) is 5.58 Å². The molecule has 8 heteroatoms. The fraction of sp³-hybridized carbons (Fsp3) is 0.231. The number of nitro benzene ring substituents is 1. The molecule has 0 aliphatic heterocycles. The highest BCUT2D eigenvalue weighted by Crippen LogP contribution is 2.23. The summed E-state index contributed by atoms with van der Waals surface area (Å²) in [6.45, 7) is 0.617. The first-order valence-corrected chi connectivity index (χ1v) is 6.39. The van der Waals surface area contributed by atoms with Crippen molar-refractivity contribution in [3.05, 3.63) is 46.3 Å². The van der Waals surface area contributed by atoms with Crippen LogP contribution in [0.25, 0.3) is 11.1 Å². The summed E-state index contributed by atoms with van der Waals surface area (Å²) in [6.07, 6.45) is 2.62. The maximum atomic E-state index is 10.7. The van der Waals surface area contributed by atoms with Crippen molar-refractivity contribution in [1.82, 2.24) is 14.8 Å². The summed E-state index contributed by atoms with van der Waals surface area (Å²) in [6, 6.07) is 6.62. The molecule has 8 nitrogen and oxygen atoms in total. The Bertz CT molecular complexity index is 792. The fourth-order valence-electron chi connectivity index (χ4n) is 2.00. The van der Waals surface area contributed by atoms with E-state index in [9.17, 15) is 10.1 Å². The molecule has 0 atom stereocenters. The molecule has 2 heterocycles. The van der Waals surface area contributed by atoms with Gasteiger partial charge < -0.3 is 9.73 Å². The van der Waals surface area contributed by atoms with Crippen molar-refractivity contribution in [2.24, 2.45) is 7.05 Å². The Labute approximate surface area is 119 Å². The second kappa shape index (κ2) is 5.23. The molecule has 0 radical (unpaired) electrons. The Morgan fingerprint density at radius 3 is 3.00 bits per heavy atom. The molecule has 0 saturated carbocycles. The van der Waals surface area contributed by atoms with Crippen LogP contribution in [0.15, 0.2) is 34.9 Å². The number of nitrogens with zero attached hydrogens (tertiary/aromatic N) is 4. The lowest BCUT2D eigenvalue weighted by atomic mass is 10.3. The number of nitrogens with one attached hydrogen (secondary N) is 1. The highest BCUT2D eigenvalue weighted by Gasteiger charge is 2.11. The van der Waals surface area contributed by atoms with Gasteiger partial charge in [0.25, 0.3) is 11.7 Å². The molecule has 0 fully saturated rings. The minimum Gasteiger partial charge on any atom is -0.424 e. The van der Waals surface area contributed by atoms with E-state index < -0.39 is 4.92 Å². The minimum atomic E-state index is -0.456. The number of benzene rings is 1. The van der Waals surface area contributed by atoms with Gasteiger partial charge in [-0.05, 0) is 12.1 Å². The zero-order valence-corrected chi connectivity index (χ0v) is 11.3. The summed E-state index contributed by atoms with van der Waals surface area (Å²) < 4.78 is 7.22. The Morgan fingerprint density at radius 2 is 2.29 bits per heavy atom. The van der Waals surface area contributed by atoms with Gasteiger partial charge in [-0.2, -0.15) is 10.1 Å². The van der Waals surface area contributed by atoms with Crippen molar-refractivity contribution in [1.29, 1.82) is 0 Å². The number of non-ortho nitro benzene ring substituents is 1. The van der Waals surface area contributed by atoms with E-state index in [4.69, 9.17) is 4.42 Å². The first-order valence-electron chi connectivity index (χ1n) is 6.39. The van der Waals surface area contributed by atoms with Crippen LogP contribution >= 0.6 is 0 Å². The van der Waals surface area contributed by atoms with Crippen molar-refractivity contribution in [2.45, 2.75) is 6.42 Å². The number of nitro groups is 1. The second-order valence-electron chi connectivity index (χ2n) is 4.59. The predicted molar refractivity (Wildman–Crippen MR) is 76.1 cm³/mol. The quantitative estimate of drug-likeness (QED) is 0.570. The van der Waals surface area contributed by atoms with Crippen LogP contribution < -0.4 is 5.32 Å². The Morgan fingerprint density at radius 1 is 1.43 bits per heavy atom. The number of aromatic nitrogens is 3. The van der Waals surface area contributed by atoms with Crippen LogP contribution in [0.1, 0.15) is 5.69 Å². The minimum absolute atomic E-state index is 0.00386. The third kappa shape index (κ3) is 2.83. The number of hydrogen-bond acceptors (Lipinski definition) is 6. The maximum Gasteiger partial charge on any atom is 0.295 e. The van der Waals surface area contributed by atoms with Crippen LogP contribution in [0.3, 0.4) is 0 Å². The van der Waals surface area contributed by atoms with Gasteiger partial charge in [0.2, 0.25) is 0 Å². The van der Waals surface area contributed by atoms with Crippen LogP contribution in [-0.4, -0.2) is 26.2 Å². The van der Waals surface area contributed by atoms with Gasteiger partial charge in [-0.1, -0.05) is 0 Å². The largest absolute Gasteiger partial charge is 0.424 e. The number of rotatable bonds is 5. The van der Waals surface area contributed by atoms with Gasteiger partial charge >= 0.3 is 0 Å². The van der Waals surface area contributed by atoms with Crippen molar-refractivity contribution >= 4 is 22.8 Å². The van der Waals surface area contributed by atoms with Gasteiger partial charge in [0.1, 0.15) is 5.52 Å². The summed E-state index contributed by atoms with van der Waals surface area (Å²) in [5.74, 6) is 0. The Hall–Kier alpha value is -2.90. The Balaban J connectivity index is 1.68. The van der Waals surface area contributed by atoms with E-state index in [-0.39, 0.29) is 5.69 Å². The topological polar surface area (TPSA) is 99.0 Å². The fourth-order valence-corrected chi connectivity index (χ4v) is 2.00. The Kier molecular flexibility index (Phi) is 3.27. The highest BCUT2D eigenvalue weighted by atomic mass is 16.6. The molecule has 0 spiro atoms. The number of hydrogen-bond donors (Lipinski definition) is 1. The molecule has 0 bridgehead atoms. The molecule has 3 rings (SSSR count).